The lowest BCUT2D eigenvalue weighted by molar-refractivity contribution is 0.0193. The minimum atomic E-state index is -0.489. The van der Waals surface area contributed by atoms with Gasteiger partial charge in [0.2, 0.25) is 0 Å². The number of nitrogens with zero attached hydrogens (tertiary/aromatic N) is 5. The van der Waals surface area contributed by atoms with E-state index in [1.807, 2.05) is 41.6 Å². The Kier molecular flexibility index (Phi) is 10.8. The number of morpholine rings is 1. The summed E-state index contributed by atoms with van der Waals surface area (Å²) >= 11 is 6.16. The lowest BCUT2D eigenvalue weighted by Gasteiger charge is -2.41. The molecule has 1 fully saturated rings. The van der Waals surface area contributed by atoms with Crippen LogP contribution in [0.3, 0.4) is 0 Å². The maximum atomic E-state index is 15.3. The monoisotopic (exact) mass is 787 g/mol. The summed E-state index contributed by atoms with van der Waals surface area (Å²) in [6, 6.07) is 27.4. The van der Waals surface area contributed by atoms with Gasteiger partial charge < -0.3 is 33.8 Å². The average Bonchev–Trinajstić information content (AvgIpc) is 3.52. The van der Waals surface area contributed by atoms with Crippen LogP contribution in [0.25, 0.3) is 11.3 Å². The molecule has 8 rings (SSSR count). The van der Waals surface area contributed by atoms with E-state index < -0.39 is 6.09 Å². The maximum Gasteiger partial charge on any atom is 0.415 e. The van der Waals surface area contributed by atoms with E-state index in [1.165, 1.54) is 5.56 Å². The standard InChI is InChI=1S/C45H46ClN5O6/c1-29-39(43(53)48(3)35-11-13-37(52)14-12-35)25-42(47(29)2)40-22-31-15-16-50(45(55)57-38-10-6-9-34(46)24-38)26-33(31)23-41(40)44(54)51-27-32-8-5-4-7-30(32)21-36(51)28-49-17-19-56-20-18-49/h4-14,22-25,36,52H,15-21,26-28H2,1-3H3/t36-/m0/s1. The van der Waals surface area contributed by atoms with E-state index in [0.717, 1.165) is 59.7 Å². The van der Waals surface area contributed by atoms with Gasteiger partial charge in [0.25, 0.3) is 11.8 Å². The Morgan fingerprint density at radius 1 is 0.860 bits per heavy atom. The van der Waals surface area contributed by atoms with Gasteiger partial charge in [-0.1, -0.05) is 41.9 Å². The fourth-order valence-electron chi connectivity index (χ4n) is 8.22. The number of aromatic nitrogens is 1. The van der Waals surface area contributed by atoms with Crippen LogP contribution in [0, 0.1) is 6.92 Å². The molecule has 5 aromatic rings. The van der Waals surface area contributed by atoms with Crippen molar-refractivity contribution in [3.63, 3.8) is 0 Å². The first-order valence-corrected chi connectivity index (χ1v) is 19.7. The van der Waals surface area contributed by atoms with Crippen molar-refractivity contribution in [2.24, 2.45) is 7.05 Å². The van der Waals surface area contributed by atoms with Gasteiger partial charge in [-0.15, -0.1) is 0 Å². The topological polar surface area (TPSA) is 108 Å². The minimum absolute atomic E-state index is 0.0789. The molecule has 0 unspecified atom stereocenters. The molecule has 3 aliphatic heterocycles. The van der Waals surface area contributed by atoms with Crippen LogP contribution in [0.1, 0.15) is 48.7 Å². The molecule has 1 aromatic heterocycles. The summed E-state index contributed by atoms with van der Waals surface area (Å²) < 4.78 is 13.3. The molecule has 12 heteroatoms. The number of carbonyl (C=O) groups excluding carboxylic acids is 3. The number of fused-ring (bicyclic) bond motifs is 2. The van der Waals surface area contributed by atoms with Crippen molar-refractivity contribution in [1.29, 1.82) is 0 Å². The third-order valence-electron chi connectivity index (χ3n) is 11.6. The number of carbonyl (C=O) groups is 3. The van der Waals surface area contributed by atoms with Crippen LogP contribution >= 0.6 is 11.6 Å². The summed E-state index contributed by atoms with van der Waals surface area (Å²) in [6.45, 7) is 6.73. The maximum absolute atomic E-state index is 15.3. The van der Waals surface area contributed by atoms with Crippen molar-refractivity contribution in [2.45, 2.75) is 38.9 Å². The number of rotatable bonds is 7. The molecule has 294 valence electrons. The largest absolute Gasteiger partial charge is 0.508 e. The SMILES string of the molecule is Cc1c(C(=O)N(C)c2ccc(O)cc2)cc(-c2cc3c(cc2C(=O)N2Cc4ccccc4C[C@H]2CN2CCOCC2)CN(C(=O)Oc2cccc(Cl)c2)CC3)n1C. The predicted octanol–water partition coefficient (Wildman–Crippen LogP) is 7.09. The van der Waals surface area contributed by atoms with E-state index in [-0.39, 0.29) is 30.2 Å². The Labute approximate surface area is 337 Å². The molecule has 0 aliphatic carbocycles. The molecule has 4 aromatic carbocycles. The van der Waals surface area contributed by atoms with Gasteiger partial charge in [-0.3, -0.25) is 14.5 Å². The molecule has 57 heavy (non-hydrogen) atoms. The van der Waals surface area contributed by atoms with Crippen molar-refractivity contribution in [2.75, 3.05) is 51.3 Å². The molecule has 1 N–H and O–H groups in total. The van der Waals surface area contributed by atoms with Gasteiger partial charge in [-0.05, 0) is 103 Å². The summed E-state index contributed by atoms with van der Waals surface area (Å²) in [5, 5.41) is 10.3. The Balaban J connectivity index is 1.19. The third-order valence-corrected chi connectivity index (χ3v) is 11.8. The second-order valence-electron chi connectivity index (χ2n) is 15.1. The highest BCUT2D eigenvalue weighted by Crippen LogP contribution is 2.36. The first kappa shape index (κ1) is 38.3. The highest BCUT2D eigenvalue weighted by atomic mass is 35.5. The second kappa shape index (κ2) is 16.1. The summed E-state index contributed by atoms with van der Waals surface area (Å²) in [4.78, 5) is 50.4. The smallest absolute Gasteiger partial charge is 0.415 e. The molecule has 11 nitrogen and oxygen atoms in total. The summed E-state index contributed by atoms with van der Waals surface area (Å²) in [6.07, 6.45) is 0.794. The van der Waals surface area contributed by atoms with Gasteiger partial charge in [0.15, 0.2) is 0 Å². The molecule has 3 amide bonds. The van der Waals surface area contributed by atoms with Crippen LogP contribution in [0.5, 0.6) is 11.5 Å². The summed E-state index contributed by atoms with van der Waals surface area (Å²) in [5.41, 5.74) is 8.15. The second-order valence-corrected chi connectivity index (χ2v) is 15.5. The minimum Gasteiger partial charge on any atom is -0.508 e. The molecular formula is C45H46ClN5O6. The molecule has 0 saturated carbocycles. The van der Waals surface area contributed by atoms with Gasteiger partial charge in [0, 0.05) is 92.6 Å². The Morgan fingerprint density at radius 2 is 1.61 bits per heavy atom. The molecular weight excluding hydrogens is 742 g/mol. The van der Waals surface area contributed by atoms with E-state index in [9.17, 15) is 14.7 Å². The quantitative estimate of drug-likeness (QED) is 0.188. The fraction of sp³-hybridized carbons (Fsp3) is 0.311. The Bertz CT molecular complexity index is 2340. The first-order valence-electron chi connectivity index (χ1n) is 19.3. The number of phenolic OH excluding ortho intramolecular Hbond substituents is 1. The van der Waals surface area contributed by atoms with E-state index in [1.54, 1.807) is 65.4 Å². The summed E-state index contributed by atoms with van der Waals surface area (Å²) in [7, 11) is 3.63. The van der Waals surface area contributed by atoms with Crippen molar-refractivity contribution >= 4 is 35.2 Å². The Morgan fingerprint density at radius 3 is 2.37 bits per heavy atom. The molecule has 4 heterocycles. The van der Waals surface area contributed by atoms with Crippen molar-refractivity contribution in [3.05, 3.63) is 135 Å². The average molecular weight is 788 g/mol. The van der Waals surface area contributed by atoms with Crippen LogP contribution < -0.4 is 9.64 Å². The van der Waals surface area contributed by atoms with E-state index in [2.05, 4.69) is 29.2 Å². The number of hydrogen-bond acceptors (Lipinski definition) is 7. The lowest BCUT2D eigenvalue weighted by Crippen LogP contribution is -2.52. The highest BCUT2D eigenvalue weighted by Gasteiger charge is 2.35. The van der Waals surface area contributed by atoms with Crippen molar-refractivity contribution < 1.29 is 29.0 Å². The van der Waals surface area contributed by atoms with Crippen molar-refractivity contribution in [1.82, 2.24) is 19.3 Å². The number of hydrogen-bond donors (Lipinski definition) is 1. The van der Waals surface area contributed by atoms with Crippen LogP contribution in [-0.4, -0.2) is 94.8 Å². The molecule has 1 atom stereocenters. The highest BCUT2D eigenvalue weighted by molar-refractivity contribution is 6.30. The van der Waals surface area contributed by atoms with Crippen molar-refractivity contribution in [3.8, 4) is 22.8 Å². The zero-order valence-corrected chi connectivity index (χ0v) is 33.2. The summed E-state index contributed by atoms with van der Waals surface area (Å²) in [5.74, 6) is 0.166. The van der Waals surface area contributed by atoms with Gasteiger partial charge in [0.1, 0.15) is 11.5 Å². The van der Waals surface area contributed by atoms with Gasteiger partial charge in [-0.25, -0.2) is 4.79 Å². The van der Waals surface area contributed by atoms with Crippen LogP contribution in [0.4, 0.5) is 10.5 Å². The zero-order valence-electron chi connectivity index (χ0n) is 32.4. The van der Waals surface area contributed by atoms with Gasteiger partial charge in [-0.2, -0.15) is 0 Å². The van der Waals surface area contributed by atoms with Gasteiger partial charge in [0.05, 0.1) is 18.8 Å². The first-order chi connectivity index (χ1) is 27.5. The number of halogens is 1. The number of benzene rings is 4. The number of amides is 3. The van der Waals surface area contributed by atoms with E-state index in [0.29, 0.717) is 60.3 Å². The molecule has 0 bridgehead atoms. The molecule has 3 aliphatic rings. The normalized spacial score (nSPS) is 16.8. The number of ether oxygens (including phenoxy) is 2. The van der Waals surface area contributed by atoms with Crippen LogP contribution in [0.15, 0.2) is 91.0 Å². The zero-order chi connectivity index (χ0) is 39.8. The molecule has 1 saturated heterocycles. The van der Waals surface area contributed by atoms with E-state index >= 15 is 4.79 Å². The Hall–Kier alpha value is -5.62. The molecule has 0 radical (unpaired) electrons. The van der Waals surface area contributed by atoms with Crippen LogP contribution in [0.2, 0.25) is 5.02 Å². The van der Waals surface area contributed by atoms with E-state index in [4.69, 9.17) is 21.1 Å². The van der Waals surface area contributed by atoms with Gasteiger partial charge >= 0.3 is 6.09 Å². The van der Waals surface area contributed by atoms with Crippen LogP contribution in [-0.2, 0) is 37.7 Å². The number of anilines is 1. The number of phenols is 1. The molecule has 0 spiro atoms. The lowest BCUT2D eigenvalue weighted by atomic mass is 9.89. The number of aromatic hydroxyl groups is 1. The fourth-order valence-corrected chi connectivity index (χ4v) is 8.40. The predicted molar refractivity (Wildman–Crippen MR) is 219 cm³/mol. The third kappa shape index (κ3) is 7.87.